The van der Waals surface area contributed by atoms with Crippen molar-refractivity contribution in [2.75, 3.05) is 20.0 Å². The molecule has 0 fully saturated rings. The minimum absolute atomic E-state index is 0.0259. The summed E-state index contributed by atoms with van der Waals surface area (Å²) in [6.45, 7) is 9.39. The fourth-order valence-corrected chi connectivity index (χ4v) is 5.09. The molecule has 0 saturated heterocycles. The number of phosphoric ester groups is 1. The Hall–Kier alpha value is -2.95. The Morgan fingerprint density at radius 3 is 2.03 bits per heavy atom. The second-order valence-electron chi connectivity index (χ2n) is 10.4. The van der Waals surface area contributed by atoms with Gasteiger partial charge in [0, 0.05) is 11.1 Å². The lowest BCUT2D eigenvalue weighted by Gasteiger charge is -2.30. The SMILES string of the molecule is CC(C)(C)OP(=O)(OCOCCOC(=O)CC(=O)c1cc2c(o1)C(=O)c1ccccc1C2=O)OC(C)(C)C. The van der Waals surface area contributed by atoms with Gasteiger partial charge in [0.25, 0.3) is 0 Å². The van der Waals surface area contributed by atoms with E-state index in [1.807, 2.05) is 0 Å². The highest BCUT2D eigenvalue weighted by Crippen LogP contribution is 2.55. The number of hydrogen-bond donors (Lipinski definition) is 0. The van der Waals surface area contributed by atoms with Gasteiger partial charge in [0.2, 0.25) is 11.6 Å². The number of ketones is 3. The van der Waals surface area contributed by atoms with Gasteiger partial charge in [-0.05, 0) is 47.6 Å². The van der Waals surface area contributed by atoms with Crippen LogP contribution < -0.4 is 0 Å². The summed E-state index contributed by atoms with van der Waals surface area (Å²) in [5.41, 5.74) is -1.23. The number of ether oxygens (including phenoxy) is 2. The quantitative estimate of drug-likeness (QED) is 0.0802. The number of carbonyl (C=O) groups excluding carboxylic acids is 4. The molecule has 0 bridgehead atoms. The van der Waals surface area contributed by atoms with Crippen LogP contribution in [0.2, 0.25) is 0 Å². The number of rotatable bonds is 11. The molecule has 3 rings (SSSR count). The molecule has 0 radical (unpaired) electrons. The summed E-state index contributed by atoms with van der Waals surface area (Å²) in [6, 6.07) is 7.43. The van der Waals surface area contributed by atoms with E-state index in [1.165, 1.54) is 18.2 Å². The smallest absolute Gasteiger partial charge is 0.463 e. The molecule has 1 aliphatic carbocycles. The van der Waals surface area contributed by atoms with Gasteiger partial charge in [-0.2, -0.15) is 0 Å². The van der Waals surface area contributed by atoms with Crippen LogP contribution in [0.1, 0.15) is 90.6 Å². The maximum absolute atomic E-state index is 12.9. The second-order valence-corrected chi connectivity index (χ2v) is 11.9. The molecule has 206 valence electrons. The average Bonchev–Trinajstić information content (AvgIpc) is 3.23. The van der Waals surface area contributed by atoms with Gasteiger partial charge in [-0.25, -0.2) is 4.57 Å². The van der Waals surface area contributed by atoms with E-state index in [1.54, 1.807) is 53.7 Å². The molecule has 0 saturated carbocycles. The molecule has 11 nitrogen and oxygen atoms in total. The Kier molecular flexibility index (Phi) is 8.90. The first kappa shape index (κ1) is 29.6. The molecule has 0 N–H and O–H groups in total. The van der Waals surface area contributed by atoms with Gasteiger partial charge in [0.1, 0.15) is 13.0 Å². The molecule has 0 amide bonds. The van der Waals surface area contributed by atoms with Gasteiger partial charge in [0.15, 0.2) is 24.1 Å². The zero-order valence-corrected chi connectivity index (χ0v) is 23.0. The summed E-state index contributed by atoms with van der Waals surface area (Å²) in [7, 11) is -3.95. The van der Waals surface area contributed by atoms with Crippen molar-refractivity contribution < 1.29 is 51.2 Å². The predicted molar refractivity (Wildman–Crippen MR) is 133 cm³/mol. The average molecular weight is 550 g/mol. The monoisotopic (exact) mass is 550 g/mol. The number of hydrogen-bond acceptors (Lipinski definition) is 11. The lowest BCUT2D eigenvalue weighted by molar-refractivity contribution is -0.145. The molecule has 12 heteroatoms. The Morgan fingerprint density at radius 2 is 1.45 bits per heavy atom. The van der Waals surface area contributed by atoms with E-state index in [9.17, 15) is 23.7 Å². The fourth-order valence-electron chi connectivity index (χ4n) is 3.40. The van der Waals surface area contributed by atoms with Crippen LogP contribution in [-0.2, 0) is 32.4 Å². The van der Waals surface area contributed by atoms with Gasteiger partial charge >= 0.3 is 13.8 Å². The van der Waals surface area contributed by atoms with Crippen molar-refractivity contribution in [3.8, 4) is 0 Å². The maximum Gasteiger partial charge on any atom is 0.477 e. The van der Waals surface area contributed by atoms with Crippen LogP contribution in [0.15, 0.2) is 34.7 Å². The lowest BCUT2D eigenvalue weighted by Crippen LogP contribution is -2.25. The van der Waals surface area contributed by atoms with E-state index in [4.69, 9.17) is 27.5 Å². The van der Waals surface area contributed by atoms with Crippen molar-refractivity contribution in [2.45, 2.75) is 59.2 Å². The van der Waals surface area contributed by atoms with Gasteiger partial charge in [-0.1, -0.05) is 24.3 Å². The van der Waals surface area contributed by atoms with Crippen molar-refractivity contribution in [3.05, 3.63) is 58.5 Å². The molecule has 0 unspecified atom stereocenters. The Labute approximate surface area is 220 Å². The van der Waals surface area contributed by atoms with E-state index in [-0.39, 0.29) is 41.4 Å². The minimum Gasteiger partial charge on any atom is -0.463 e. The minimum atomic E-state index is -3.95. The van der Waals surface area contributed by atoms with E-state index in [0.29, 0.717) is 0 Å². The zero-order chi connectivity index (χ0) is 28.3. The molecule has 0 atom stereocenters. The summed E-state index contributed by atoms with van der Waals surface area (Å²) in [6.07, 6.45) is -0.674. The predicted octanol–water partition coefficient (Wildman–Crippen LogP) is 4.90. The number of esters is 1. The molecule has 1 aromatic heterocycles. The highest BCUT2D eigenvalue weighted by Gasteiger charge is 2.37. The third kappa shape index (κ3) is 7.78. The summed E-state index contributed by atoms with van der Waals surface area (Å²) in [4.78, 5) is 49.9. The Morgan fingerprint density at radius 1 is 0.868 bits per heavy atom. The Balaban J connectivity index is 1.46. The number of furan rings is 1. The first-order valence-electron chi connectivity index (χ1n) is 11.8. The molecular formula is C26H31O11P. The van der Waals surface area contributed by atoms with Crippen LogP contribution in [0.3, 0.4) is 0 Å². The van der Waals surface area contributed by atoms with Crippen LogP contribution in [0.25, 0.3) is 0 Å². The first-order valence-corrected chi connectivity index (χ1v) is 13.3. The van der Waals surface area contributed by atoms with Crippen LogP contribution in [0.4, 0.5) is 0 Å². The van der Waals surface area contributed by atoms with E-state index in [2.05, 4.69) is 0 Å². The van der Waals surface area contributed by atoms with Crippen LogP contribution in [0.5, 0.6) is 0 Å². The van der Waals surface area contributed by atoms with Gasteiger partial charge in [-0.15, -0.1) is 0 Å². The summed E-state index contributed by atoms with van der Waals surface area (Å²) < 4.78 is 44.5. The highest BCUT2D eigenvalue weighted by molar-refractivity contribution is 7.48. The van der Waals surface area contributed by atoms with Gasteiger partial charge in [0.05, 0.1) is 23.4 Å². The Bertz CT molecular complexity index is 1200. The first-order chi connectivity index (χ1) is 17.6. The number of phosphoric acid groups is 1. The molecule has 1 heterocycles. The van der Waals surface area contributed by atoms with Crippen LogP contribution >= 0.6 is 7.82 Å². The van der Waals surface area contributed by atoms with Crippen molar-refractivity contribution >= 4 is 31.1 Å². The summed E-state index contributed by atoms with van der Waals surface area (Å²) in [5, 5.41) is 0. The standard InChI is InChI=1S/C26H31O11P/c1-25(2,3)36-38(31,37-26(4,5)6)34-15-32-11-12-33-21(28)14-19(27)20-13-18-22(29)16-9-7-8-10-17(16)23(30)24(18)35-20/h7-10,13H,11-12,14-15H2,1-6H3. The lowest BCUT2D eigenvalue weighted by atomic mass is 9.88. The van der Waals surface area contributed by atoms with E-state index in [0.717, 1.165) is 0 Å². The van der Waals surface area contributed by atoms with Gasteiger partial charge < -0.3 is 13.9 Å². The van der Waals surface area contributed by atoms with Crippen molar-refractivity contribution in [3.63, 3.8) is 0 Å². The topological polar surface area (TPSA) is 145 Å². The molecule has 1 aliphatic rings. The molecule has 1 aromatic carbocycles. The number of benzene rings is 1. The molecular weight excluding hydrogens is 519 g/mol. The normalized spacial score (nSPS) is 13.7. The summed E-state index contributed by atoms with van der Waals surface area (Å²) in [5.74, 6) is -3.10. The fraction of sp³-hybridized carbons (Fsp3) is 0.462. The van der Waals surface area contributed by atoms with Crippen molar-refractivity contribution in [1.82, 2.24) is 0 Å². The van der Waals surface area contributed by atoms with Crippen LogP contribution in [0, 0.1) is 0 Å². The molecule has 2 aromatic rings. The zero-order valence-electron chi connectivity index (χ0n) is 22.2. The van der Waals surface area contributed by atoms with Crippen molar-refractivity contribution in [2.24, 2.45) is 0 Å². The van der Waals surface area contributed by atoms with E-state index < -0.39 is 55.6 Å². The van der Waals surface area contributed by atoms with Crippen LogP contribution in [-0.4, -0.2) is 54.5 Å². The summed E-state index contributed by atoms with van der Waals surface area (Å²) >= 11 is 0. The van der Waals surface area contributed by atoms with Crippen molar-refractivity contribution in [1.29, 1.82) is 0 Å². The molecule has 0 spiro atoms. The van der Waals surface area contributed by atoms with Gasteiger partial charge in [-0.3, -0.25) is 32.7 Å². The number of fused-ring (bicyclic) bond motifs is 2. The van der Waals surface area contributed by atoms with E-state index >= 15 is 0 Å². The number of Topliss-reactive ketones (excluding diaryl/α,β-unsaturated/α-hetero) is 1. The highest BCUT2D eigenvalue weighted by atomic mass is 31.2. The molecule has 0 aliphatic heterocycles. The molecule has 38 heavy (non-hydrogen) atoms. The second kappa shape index (κ2) is 11.4. The third-order valence-corrected chi connectivity index (χ3v) is 6.70. The maximum atomic E-state index is 12.9. The largest absolute Gasteiger partial charge is 0.477 e. The number of carbonyl (C=O) groups is 4. The third-order valence-electron chi connectivity index (χ3n) is 4.74.